The largest absolute Gasteiger partial charge is 0.377 e. The molecule has 3 N–H and O–H groups in total. The first-order valence-electron chi connectivity index (χ1n) is 7.23. The molecule has 19 heavy (non-hydrogen) atoms. The lowest BCUT2D eigenvalue weighted by atomic mass is 9.94. The Labute approximate surface area is 117 Å². The Bertz CT molecular complexity index is 336. The maximum absolute atomic E-state index is 11.6. The van der Waals surface area contributed by atoms with Gasteiger partial charge in [0.15, 0.2) is 0 Å². The van der Waals surface area contributed by atoms with Crippen molar-refractivity contribution in [1.82, 2.24) is 4.72 Å². The molecule has 0 radical (unpaired) electrons. The van der Waals surface area contributed by atoms with Crippen molar-refractivity contribution in [3.63, 3.8) is 0 Å². The van der Waals surface area contributed by atoms with Crippen LogP contribution >= 0.6 is 0 Å². The topological polar surface area (TPSA) is 81.4 Å². The summed E-state index contributed by atoms with van der Waals surface area (Å²) < 4.78 is 31.5. The normalized spacial score (nSPS) is 24.8. The van der Waals surface area contributed by atoms with Crippen molar-refractivity contribution >= 4 is 10.0 Å². The molecule has 1 rings (SSSR count). The van der Waals surface area contributed by atoms with E-state index in [2.05, 4.69) is 4.72 Å². The van der Waals surface area contributed by atoms with Gasteiger partial charge in [0.25, 0.3) is 0 Å². The Hall–Kier alpha value is -0.170. The van der Waals surface area contributed by atoms with Gasteiger partial charge >= 0.3 is 0 Å². The summed E-state index contributed by atoms with van der Waals surface area (Å²) in [7, 11) is -3.14. The van der Waals surface area contributed by atoms with Gasteiger partial charge in [-0.25, -0.2) is 13.1 Å². The summed E-state index contributed by atoms with van der Waals surface area (Å²) in [6, 6.07) is 0.314. The van der Waals surface area contributed by atoms with Crippen molar-refractivity contribution in [2.75, 3.05) is 18.9 Å². The van der Waals surface area contributed by atoms with Crippen LogP contribution in [0.5, 0.6) is 0 Å². The van der Waals surface area contributed by atoms with Gasteiger partial charge in [-0.3, -0.25) is 0 Å². The lowest BCUT2D eigenvalue weighted by molar-refractivity contribution is 0.0287. The fourth-order valence-corrected chi connectivity index (χ4v) is 3.46. The highest BCUT2D eigenvalue weighted by molar-refractivity contribution is 7.89. The fraction of sp³-hybridized carbons (Fsp3) is 1.00. The molecule has 0 heterocycles. The van der Waals surface area contributed by atoms with Crippen LogP contribution in [0.1, 0.15) is 46.0 Å². The van der Waals surface area contributed by atoms with Crippen LogP contribution in [0, 0.1) is 5.92 Å². The maximum atomic E-state index is 11.6. The summed E-state index contributed by atoms with van der Waals surface area (Å²) in [6.45, 7) is 4.85. The van der Waals surface area contributed by atoms with Gasteiger partial charge < -0.3 is 10.5 Å². The van der Waals surface area contributed by atoms with Crippen LogP contribution in [0.15, 0.2) is 0 Å². The first kappa shape index (κ1) is 16.9. The first-order chi connectivity index (χ1) is 8.89. The van der Waals surface area contributed by atoms with Gasteiger partial charge in [-0.05, 0) is 38.0 Å². The Morgan fingerprint density at radius 2 is 1.89 bits per heavy atom. The fourth-order valence-electron chi connectivity index (χ4n) is 2.14. The number of nitrogens with one attached hydrogen (secondary N) is 1. The second-order valence-corrected chi connectivity index (χ2v) is 7.73. The minimum atomic E-state index is -3.14. The molecule has 1 fully saturated rings. The molecule has 0 saturated heterocycles. The lowest BCUT2D eigenvalue weighted by Gasteiger charge is -2.26. The number of sulfonamides is 1. The zero-order chi connectivity index (χ0) is 14.3. The predicted molar refractivity (Wildman–Crippen MR) is 77.4 cm³/mol. The van der Waals surface area contributed by atoms with Crippen LogP contribution < -0.4 is 10.5 Å². The summed E-state index contributed by atoms with van der Waals surface area (Å²) in [6.07, 6.45) is 4.93. The third-order valence-corrected chi connectivity index (χ3v) is 4.88. The van der Waals surface area contributed by atoms with E-state index in [9.17, 15) is 8.42 Å². The molecule has 0 amide bonds. The number of ether oxygens (including phenoxy) is 1. The summed E-state index contributed by atoms with van der Waals surface area (Å²) in [5.74, 6) is 0.599. The summed E-state index contributed by atoms with van der Waals surface area (Å²) in [4.78, 5) is 0. The third kappa shape index (κ3) is 7.87. The standard InChI is InChI=1S/C13H28N2O3S/c1-11(2)7-10-19(16,17)15-8-9-18-13-5-3-12(14)4-6-13/h11-13,15H,3-10,14H2,1-2H3. The van der Waals surface area contributed by atoms with Crippen molar-refractivity contribution in [2.45, 2.75) is 58.1 Å². The Morgan fingerprint density at radius 3 is 2.47 bits per heavy atom. The molecule has 0 spiro atoms. The van der Waals surface area contributed by atoms with E-state index in [1.807, 2.05) is 13.8 Å². The summed E-state index contributed by atoms with van der Waals surface area (Å²) >= 11 is 0. The molecule has 0 aliphatic heterocycles. The molecule has 1 aliphatic carbocycles. The minimum Gasteiger partial charge on any atom is -0.377 e. The number of rotatable bonds is 8. The van der Waals surface area contributed by atoms with Crippen LogP contribution in [0.3, 0.4) is 0 Å². The zero-order valence-corrected chi connectivity index (χ0v) is 12.9. The van der Waals surface area contributed by atoms with Gasteiger partial charge in [-0.2, -0.15) is 0 Å². The van der Waals surface area contributed by atoms with Crippen molar-refractivity contribution in [2.24, 2.45) is 11.7 Å². The van der Waals surface area contributed by atoms with Crippen LogP contribution in [-0.4, -0.2) is 39.5 Å². The van der Waals surface area contributed by atoms with Crippen LogP contribution in [-0.2, 0) is 14.8 Å². The SMILES string of the molecule is CC(C)CCS(=O)(=O)NCCOC1CCC(N)CC1. The molecule has 6 heteroatoms. The monoisotopic (exact) mass is 292 g/mol. The molecule has 0 aromatic carbocycles. The quantitative estimate of drug-likeness (QED) is 0.659. The van der Waals surface area contributed by atoms with Crippen LogP contribution in [0.2, 0.25) is 0 Å². The van der Waals surface area contributed by atoms with E-state index in [-0.39, 0.29) is 11.9 Å². The summed E-state index contributed by atoms with van der Waals surface area (Å²) in [5, 5.41) is 0. The highest BCUT2D eigenvalue weighted by Crippen LogP contribution is 2.19. The van der Waals surface area contributed by atoms with Crippen LogP contribution in [0.25, 0.3) is 0 Å². The molecule has 0 aromatic heterocycles. The Morgan fingerprint density at radius 1 is 1.26 bits per heavy atom. The van der Waals surface area contributed by atoms with Gasteiger partial charge in [0, 0.05) is 12.6 Å². The minimum absolute atomic E-state index is 0.197. The molecule has 0 bridgehead atoms. The average Bonchev–Trinajstić information content (AvgIpc) is 2.35. The Balaban J connectivity index is 2.09. The second kappa shape index (κ2) is 8.19. The molecule has 0 atom stereocenters. The Kier molecular flexibility index (Phi) is 7.28. The number of hydrogen-bond donors (Lipinski definition) is 2. The van der Waals surface area contributed by atoms with Crippen molar-refractivity contribution in [3.05, 3.63) is 0 Å². The molecular weight excluding hydrogens is 264 g/mol. The molecule has 5 nitrogen and oxygen atoms in total. The van der Waals surface area contributed by atoms with Gasteiger partial charge in [-0.15, -0.1) is 0 Å². The molecule has 0 aromatic rings. The van der Waals surface area contributed by atoms with E-state index in [0.29, 0.717) is 31.5 Å². The summed E-state index contributed by atoms with van der Waals surface area (Å²) in [5.41, 5.74) is 5.82. The van der Waals surface area contributed by atoms with E-state index < -0.39 is 10.0 Å². The van der Waals surface area contributed by atoms with E-state index in [0.717, 1.165) is 25.7 Å². The first-order valence-corrected chi connectivity index (χ1v) is 8.89. The van der Waals surface area contributed by atoms with Crippen molar-refractivity contribution < 1.29 is 13.2 Å². The smallest absolute Gasteiger partial charge is 0.211 e. The maximum Gasteiger partial charge on any atom is 0.211 e. The average molecular weight is 292 g/mol. The van der Waals surface area contributed by atoms with Crippen molar-refractivity contribution in [1.29, 1.82) is 0 Å². The van der Waals surface area contributed by atoms with E-state index >= 15 is 0 Å². The number of hydrogen-bond acceptors (Lipinski definition) is 4. The second-order valence-electron chi connectivity index (χ2n) is 5.80. The molecule has 0 unspecified atom stereocenters. The number of nitrogens with two attached hydrogens (primary N) is 1. The van der Waals surface area contributed by atoms with E-state index in [1.54, 1.807) is 0 Å². The van der Waals surface area contributed by atoms with Crippen LogP contribution in [0.4, 0.5) is 0 Å². The molecule has 114 valence electrons. The lowest BCUT2D eigenvalue weighted by Crippen LogP contribution is -2.33. The van der Waals surface area contributed by atoms with E-state index in [1.165, 1.54) is 0 Å². The van der Waals surface area contributed by atoms with E-state index in [4.69, 9.17) is 10.5 Å². The van der Waals surface area contributed by atoms with Crippen molar-refractivity contribution in [3.8, 4) is 0 Å². The van der Waals surface area contributed by atoms with Gasteiger partial charge in [0.2, 0.25) is 10.0 Å². The van der Waals surface area contributed by atoms with Gasteiger partial charge in [0.1, 0.15) is 0 Å². The van der Waals surface area contributed by atoms with Gasteiger partial charge in [-0.1, -0.05) is 13.8 Å². The highest BCUT2D eigenvalue weighted by Gasteiger charge is 2.19. The zero-order valence-electron chi connectivity index (χ0n) is 12.1. The molecule has 1 saturated carbocycles. The molecular formula is C13H28N2O3S. The third-order valence-electron chi connectivity index (χ3n) is 3.46. The van der Waals surface area contributed by atoms with Gasteiger partial charge in [0.05, 0.1) is 18.5 Å². The highest BCUT2D eigenvalue weighted by atomic mass is 32.2. The molecule has 1 aliphatic rings. The predicted octanol–water partition coefficient (Wildman–Crippen LogP) is 1.24.